The summed E-state index contributed by atoms with van der Waals surface area (Å²) < 4.78 is 18.2. The van der Waals surface area contributed by atoms with Crippen LogP contribution in [0.3, 0.4) is 0 Å². The highest BCUT2D eigenvalue weighted by molar-refractivity contribution is 7.39. The van der Waals surface area contributed by atoms with Gasteiger partial charge in [0.15, 0.2) is 0 Å². The summed E-state index contributed by atoms with van der Waals surface area (Å²) in [5, 5.41) is 0. The first-order valence-electron chi connectivity index (χ1n) is 9.81. The first-order valence-corrected chi connectivity index (χ1v) is 11.1. The van der Waals surface area contributed by atoms with Crippen LogP contribution in [0.15, 0.2) is 48.5 Å². The van der Waals surface area contributed by atoms with Crippen molar-refractivity contribution in [3.8, 4) is 0 Å². The second kappa shape index (κ2) is 7.68. The van der Waals surface area contributed by atoms with Crippen LogP contribution in [-0.2, 0) is 17.7 Å². The Morgan fingerprint density at radius 2 is 1.23 bits per heavy atom. The van der Waals surface area contributed by atoms with Gasteiger partial charge in [-0.15, -0.1) is 0 Å². The van der Waals surface area contributed by atoms with E-state index in [1.54, 1.807) is 0 Å². The summed E-state index contributed by atoms with van der Waals surface area (Å²) in [6.07, 6.45) is 4.88. The van der Waals surface area contributed by atoms with Crippen LogP contribution in [0.2, 0.25) is 0 Å². The SMILES string of the molecule is Cc1ccccc1CN1[C@@H]2CCCC[C@H]2N(Cc2ccccc2C)[PH]1=O. The summed E-state index contributed by atoms with van der Waals surface area (Å²) >= 11 is 0. The number of aryl methyl sites for hydroxylation is 2. The Morgan fingerprint density at radius 1 is 0.808 bits per heavy atom. The van der Waals surface area contributed by atoms with Gasteiger partial charge in [-0.05, 0) is 48.9 Å². The molecule has 3 nitrogen and oxygen atoms in total. The van der Waals surface area contributed by atoms with Gasteiger partial charge in [-0.25, -0.2) is 9.34 Å². The summed E-state index contributed by atoms with van der Waals surface area (Å²) in [5.41, 5.74) is 5.22. The van der Waals surface area contributed by atoms with Crippen molar-refractivity contribution in [2.75, 3.05) is 0 Å². The van der Waals surface area contributed by atoms with Gasteiger partial charge in [0.05, 0.1) is 0 Å². The van der Waals surface area contributed by atoms with Crippen molar-refractivity contribution in [2.24, 2.45) is 0 Å². The van der Waals surface area contributed by atoms with Gasteiger partial charge < -0.3 is 0 Å². The van der Waals surface area contributed by atoms with E-state index < -0.39 is 8.10 Å². The average Bonchev–Trinajstić information content (AvgIpc) is 2.91. The van der Waals surface area contributed by atoms with E-state index in [0.717, 1.165) is 13.1 Å². The molecule has 2 aromatic carbocycles. The van der Waals surface area contributed by atoms with E-state index in [4.69, 9.17) is 0 Å². The Kier molecular flexibility index (Phi) is 5.31. The fourth-order valence-corrected chi connectivity index (χ4v) is 6.69. The molecule has 2 aromatic rings. The van der Waals surface area contributed by atoms with Gasteiger partial charge in [0.1, 0.15) is 0 Å². The topological polar surface area (TPSA) is 23.6 Å². The molecule has 138 valence electrons. The van der Waals surface area contributed by atoms with E-state index in [2.05, 4.69) is 71.7 Å². The number of nitrogens with zero attached hydrogens (tertiary/aromatic N) is 2. The van der Waals surface area contributed by atoms with Crippen LogP contribution in [0.25, 0.3) is 0 Å². The molecular formula is C22H29N2OP. The molecule has 1 heterocycles. The first kappa shape index (κ1) is 18.0. The van der Waals surface area contributed by atoms with E-state index in [9.17, 15) is 4.57 Å². The Bertz CT molecular complexity index is 741. The van der Waals surface area contributed by atoms with Crippen LogP contribution >= 0.6 is 8.10 Å². The molecule has 2 atom stereocenters. The van der Waals surface area contributed by atoms with Gasteiger partial charge in [0.25, 0.3) is 0 Å². The maximum Gasteiger partial charge on any atom is 0.206 e. The lowest BCUT2D eigenvalue weighted by Crippen LogP contribution is -2.39. The van der Waals surface area contributed by atoms with Crippen molar-refractivity contribution < 1.29 is 4.57 Å². The van der Waals surface area contributed by atoms with Crippen LogP contribution < -0.4 is 0 Å². The molecule has 0 spiro atoms. The highest BCUT2D eigenvalue weighted by Gasteiger charge is 2.45. The monoisotopic (exact) mass is 368 g/mol. The van der Waals surface area contributed by atoms with Gasteiger partial charge in [0.2, 0.25) is 8.10 Å². The van der Waals surface area contributed by atoms with Crippen LogP contribution in [0.5, 0.6) is 0 Å². The van der Waals surface area contributed by atoms with E-state index in [0.29, 0.717) is 12.1 Å². The molecular weight excluding hydrogens is 339 g/mol. The summed E-state index contributed by atoms with van der Waals surface area (Å²) in [6, 6.07) is 17.9. The number of fused-ring (bicyclic) bond motifs is 1. The number of benzene rings is 2. The van der Waals surface area contributed by atoms with Crippen LogP contribution in [0, 0.1) is 13.8 Å². The smallest absolute Gasteiger partial charge is 0.206 e. The van der Waals surface area contributed by atoms with E-state index in [1.165, 1.54) is 47.9 Å². The zero-order valence-corrected chi connectivity index (χ0v) is 16.8. The Labute approximate surface area is 157 Å². The minimum Gasteiger partial charge on any atom is -0.292 e. The maximum atomic E-state index is 13.5. The molecule has 0 radical (unpaired) electrons. The Hall–Kier alpha value is -1.41. The van der Waals surface area contributed by atoms with Crippen LogP contribution in [0.4, 0.5) is 0 Å². The minimum atomic E-state index is -1.93. The predicted octanol–water partition coefficient (Wildman–Crippen LogP) is 5.32. The van der Waals surface area contributed by atoms with Crippen molar-refractivity contribution in [1.82, 2.24) is 9.34 Å². The standard InChI is InChI=1S/C22H29N2OP/c1-17-9-3-5-11-19(17)15-23-21-13-7-8-14-22(21)24(26(23)25)16-20-12-6-4-10-18(20)2/h3-6,9-12,21-22,26H,7-8,13-16H2,1-2H3/t21-,22-/m1/s1. The third-order valence-electron chi connectivity index (χ3n) is 6.19. The van der Waals surface area contributed by atoms with Crippen molar-refractivity contribution >= 4 is 8.10 Å². The molecule has 1 aliphatic heterocycles. The molecule has 0 N–H and O–H groups in total. The summed E-state index contributed by atoms with van der Waals surface area (Å²) in [6.45, 7) is 5.95. The zero-order valence-electron chi connectivity index (χ0n) is 15.8. The molecule has 26 heavy (non-hydrogen) atoms. The van der Waals surface area contributed by atoms with Gasteiger partial charge >= 0.3 is 0 Å². The summed E-state index contributed by atoms with van der Waals surface area (Å²) in [7, 11) is -1.93. The second-order valence-corrected chi connectivity index (χ2v) is 9.52. The van der Waals surface area contributed by atoms with Crippen molar-refractivity contribution in [3.63, 3.8) is 0 Å². The van der Waals surface area contributed by atoms with Crippen molar-refractivity contribution in [3.05, 3.63) is 70.8 Å². The highest BCUT2D eigenvalue weighted by Crippen LogP contribution is 2.51. The molecule has 4 heteroatoms. The van der Waals surface area contributed by atoms with E-state index in [1.807, 2.05) is 0 Å². The molecule has 1 aliphatic carbocycles. The van der Waals surface area contributed by atoms with Crippen LogP contribution in [0.1, 0.15) is 47.9 Å². The molecule has 1 saturated carbocycles. The Morgan fingerprint density at radius 3 is 1.65 bits per heavy atom. The van der Waals surface area contributed by atoms with Gasteiger partial charge in [0, 0.05) is 25.2 Å². The van der Waals surface area contributed by atoms with Crippen molar-refractivity contribution in [1.29, 1.82) is 0 Å². The minimum absolute atomic E-state index is 0.443. The number of hydrogen-bond donors (Lipinski definition) is 0. The summed E-state index contributed by atoms with van der Waals surface area (Å²) in [4.78, 5) is 0. The summed E-state index contributed by atoms with van der Waals surface area (Å²) in [5.74, 6) is 0. The van der Waals surface area contributed by atoms with E-state index >= 15 is 0 Å². The third-order valence-corrected chi connectivity index (χ3v) is 8.15. The number of hydrogen-bond acceptors (Lipinski definition) is 1. The Balaban J connectivity index is 1.61. The fraction of sp³-hybridized carbons (Fsp3) is 0.455. The molecule has 1 saturated heterocycles. The van der Waals surface area contributed by atoms with Crippen molar-refractivity contribution in [2.45, 2.75) is 64.7 Å². The van der Waals surface area contributed by atoms with Gasteiger partial charge in [-0.1, -0.05) is 61.4 Å². The molecule has 0 unspecified atom stereocenters. The first-order chi connectivity index (χ1) is 12.6. The van der Waals surface area contributed by atoms with E-state index in [-0.39, 0.29) is 0 Å². The number of rotatable bonds is 4. The van der Waals surface area contributed by atoms with Gasteiger partial charge in [-0.2, -0.15) is 0 Å². The molecule has 0 aromatic heterocycles. The zero-order chi connectivity index (χ0) is 18.1. The van der Waals surface area contributed by atoms with Crippen LogP contribution in [-0.4, -0.2) is 21.4 Å². The predicted molar refractivity (Wildman–Crippen MR) is 108 cm³/mol. The molecule has 2 aliphatic rings. The van der Waals surface area contributed by atoms with Gasteiger partial charge in [-0.3, -0.25) is 4.57 Å². The quantitative estimate of drug-likeness (QED) is 0.682. The lowest BCUT2D eigenvalue weighted by molar-refractivity contribution is 0.197. The molecule has 0 bridgehead atoms. The lowest BCUT2D eigenvalue weighted by Gasteiger charge is -2.31. The largest absolute Gasteiger partial charge is 0.292 e. The highest BCUT2D eigenvalue weighted by atomic mass is 31.1. The maximum absolute atomic E-state index is 13.5. The normalized spacial score (nSPS) is 24.7. The second-order valence-electron chi connectivity index (χ2n) is 7.81. The third kappa shape index (κ3) is 3.41. The molecule has 0 amide bonds. The fourth-order valence-electron chi connectivity index (χ4n) is 4.58. The average molecular weight is 368 g/mol. The molecule has 4 rings (SSSR count). The lowest BCUT2D eigenvalue weighted by atomic mass is 9.89. The molecule has 2 fully saturated rings.